The third-order valence-electron chi connectivity index (χ3n) is 5.62. The first kappa shape index (κ1) is 18.9. The van der Waals surface area contributed by atoms with Gasteiger partial charge in [0, 0.05) is 20.0 Å². The van der Waals surface area contributed by atoms with Crippen LogP contribution in [0, 0.1) is 6.92 Å². The van der Waals surface area contributed by atoms with Crippen molar-refractivity contribution in [3.63, 3.8) is 0 Å². The molecule has 2 heterocycles. The molecular formula is C20H29N2O4+. The van der Waals surface area contributed by atoms with Gasteiger partial charge in [0.1, 0.15) is 31.0 Å². The lowest BCUT2D eigenvalue weighted by atomic mass is 10.0. The zero-order valence-electron chi connectivity index (χ0n) is 16.1. The van der Waals surface area contributed by atoms with E-state index >= 15 is 0 Å². The molecule has 0 saturated carbocycles. The second-order valence-electron chi connectivity index (χ2n) is 7.02. The third-order valence-corrected chi connectivity index (χ3v) is 5.62. The van der Waals surface area contributed by atoms with Crippen LogP contribution in [0.15, 0.2) is 36.1 Å². The van der Waals surface area contributed by atoms with Crippen molar-refractivity contribution in [2.75, 3.05) is 41.0 Å². The van der Waals surface area contributed by atoms with Crippen molar-refractivity contribution in [3.05, 3.63) is 47.2 Å². The number of amides is 1. The zero-order valence-corrected chi connectivity index (χ0v) is 16.1. The predicted molar refractivity (Wildman–Crippen MR) is 98.1 cm³/mol. The van der Waals surface area contributed by atoms with E-state index in [4.69, 9.17) is 14.2 Å². The van der Waals surface area contributed by atoms with Crippen LogP contribution in [-0.2, 0) is 14.2 Å². The van der Waals surface area contributed by atoms with Crippen LogP contribution in [0.4, 0.5) is 4.79 Å². The Hall–Kier alpha value is -1.89. The number of ether oxygens (including phenoxy) is 3. The Labute approximate surface area is 155 Å². The normalized spacial score (nSPS) is 28.8. The van der Waals surface area contributed by atoms with Gasteiger partial charge in [-0.3, -0.25) is 0 Å². The lowest BCUT2D eigenvalue weighted by Crippen LogP contribution is -2.67. The molecule has 0 aliphatic carbocycles. The van der Waals surface area contributed by atoms with Gasteiger partial charge < -0.3 is 14.2 Å². The van der Waals surface area contributed by atoms with Gasteiger partial charge in [-0.25, -0.2) is 0 Å². The molecule has 0 N–H and O–H groups in total. The Morgan fingerprint density at radius 3 is 2.58 bits per heavy atom. The number of carbonyl (C=O) groups excluding carboxylic acids is 1. The fourth-order valence-electron chi connectivity index (χ4n) is 4.38. The van der Waals surface area contributed by atoms with E-state index < -0.39 is 0 Å². The summed E-state index contributed by atoms with van der Waals surface area (Å²) in [5.41, 5.74) is 2.32. The van der Waals surface area contributed by atoms with E-state index in [2.05, 4.69) is 42.3 Å². The number of hydrogen-bond donors (Lipinski definition) is 0. The Morgan fingerprint density at radius 2 is 1.96 bits per heavy atom. The van der Waals surface area contributed by atoms with Crippen LogP contribution in [0.1, 0.15) is 30.0 Å². The Balaban J connectivity index is 2.05. The topological polar surface area (TPSA) is 48.0 Å². The van der Waals surface area contributed by atoms with Crippen molar-refractivity contribution in [1.82, 2.24) is 5.01 Å². The summed E-state index contributed by atoms with van der Waals surface area (Å²) >= 11 is 0. The van der Waals surface area contributed by atoms with Crippen LogP contribution in [0.3, 0.4) is 0 Å². The molecule has 1 aromatic carbocycles. The second kappa shape index (κ2) is 7.78. The van der Waals surface area contributed by atoms with Gasteiger partial charge in [0.25, 0.3) is 0 Å². The van der Waals surface area contributed by atoms with Crippen LogP contribution < -0.4 is 0 Å². The Morgan fingerprint density at radius 1 is 1.23 bits per heavy atom. The van der Waals surface area contributed by atoms with Gasteiger partial charge in [0.2, 0.25) is 0 Å². The molecular weight excluding hydrogens is 332 g/mol. The van der Waals surface area contributed by atoms with Crippen LogP contribution in [-0.4, -0.2) is 62.8 Å². The van der Waals surface area contributed by atoms with E-state index in [1.165, 1.54) is 12.7 Å². The quantitative estimate of drug-likeness (QED) is 0.754. The smallest absolute Gasteiger partial charge is 0.499 e. The number of methoxy groups -OCH3 is 3. The molecule has 6 nitrogen and oxygen atoms in total. The lowest BCUT2D eigenvalue weighted by molar-refractivity contribution is -0.985. The van der Waals surface area contributed by atoms with Crippen molar-refractivity contribution in [2.24, 2.45) is 0 Å². The van der Waals surface area contributed by atoms with E-state index in [1.54, 1.807) is 14.2 Å². The van der Waals surface area contributed by atoms with Crippen LogP contribution in [0.2, 0.25) is 0 Å². The lowest BCUT2D eigenvalue weighted by Gasteiger charge is -2.43. The largest absolute Gasteiger partial charge is 0.536 e. The van der Waals surface area contributed by atoms with Crippen molar-refractivity contribution in [1.29, 1.82) is 0 Å². The fourth-order valence-corrected chi connectivity index (χ4v) is 4.38. The predicted octanol–water partition coefficient (Wildman–Crippen LogP) is 3.19. The van der Waals surface area contributed by atoms with Crippen LogP contribution in [0.25, 0.3) is 0 Å². The van der Waals surface area contributed by atoms with E-state index in [0.717, 1.165) is 24.2 Å². The summed E-state index contributed by atoms with van der Waals surface area (Å²) in [7, 11) is 4.84. The molecule has 0 radical (unpaired) electrons. The molecule has 3 rings (SSSR count). The van der Waals surface area contributed by atoms with Crippen molar-refractivity contribution < 1.29 is 23.6 Å². The first-order valence-electron chi connectivity index (χ1n) is 9.11. The minimum Gasteiger partial charge on any atom is -0.499 e. The van der Waals surface area contributed by atoms with E-state index in [-0.39, 0.29) is 22.8 Å². The highest BCUT2D eigenvalue weighted by atomic mass is 16.6. The molecule has 26 heavy (non-hydrogen) atoms. The molecule has 2 aliphatic rings. The summed E-state index contributed by atoms with van der Waals surface area (Å²) in [6.45, 7) is 3.94. The molecule has 6 heteroatoms. The van der Waals surface area contributed by atoms with Crippen LogP contribution in [0.5, 0.6) is 0 Å². The molecule has 0 bridgehead atoms. The molecule has 1 unspecified atom stereocenters. The summed E-state index contributed by atoms with van der Waals surface area (Å²) in [5.74, 6) is 0.873. The van der Waals surface area contributed by atoms with Gasteiger partial charge >= 0.3 is 6.09 Å². The van der Waals surface area contributed by atoms with Crippen molar-refractivity contribution in [3.8, 4) is 0 Å². The number of rotatable bonds is 5. The molecule has 1 amide bonds. The fraction of sp³-hybridized carbons (Fsp3) is 0.550. The minimum atomic E-state index is -0.229. The van der Waals surface area contributed by atoms with Gasteiger partial charge in [-0.1, -0.05) is 29.8 Å². The maximum atomic E-state index is 13.0. The van der Waals surface area contributed by atoms with Crippen molar-refractivity contribution in [2.45, 2.75) is 31.8 Å². The van der Waals surface area contributed by atoms with E-state index in [0.29, 0.717) is 19.7 Å². The maximum absolute atomic E-state index is 13.0. The third kappa shape index (κ3) is 3.02. The molecule has 3 atom stereocenters. The van der Waals surface area contributed by atoms with E-state index in [1.807, 2.05) is 0 Å². The highest BCUT2D eigenvalue weighted by molar-refractivity contribution is 5.60. The number of likely N-dealkylation sites (tertiary alicyclic amines) is 1. The number of nitrogens with zero attached hydrogens (tertiary/aromatic N) is 2. The zero-order chi connectivity index (χ0) is 18.7. The second-order valence-corrected chi connectivity index (χ2v) is 7.02. The molecule has 0 aromatic heterocycles. The molecule has 2 aliphatic heterocycles. The number of quaternary nitrogens is 1. The average Bonchev–Trinajstić information content (AvgIpc) is 3.26. The van der Waals surface area contributed by atoms with Crippen molar-refractivity contribution >= 4 is 6.09 Å². The number of carbonyl (C=O) groups is 1. The molecule has 1 aromatic rings. The summed E-state index contributed by atoms with van der Waals surface area (Å²) in [5, 5.41) is 2.20. The van der Waals surface area contributed by atoms with E-state index in [9.17, 15) is 4.79 Å². The highest BCUT2D eigenvalue weighted by Gasteiger charge is 2.58. The number of hydrogen-bond acceptors (Lipinski definition) is 5. The number of aryl methyl sites for hydroxylation is 1. The Bertz CT molecular complexity index is 673. The first-order chi connectivity index (χ1) is 12.6. The molecule has 1 fully saturated rings. The van der Waals surface area contributed by atoms with Gasteiger partial charge in [0.15, 0.2) is 0 Å². The van der Waals surface area contributed by atoms with Gasteiger partial charge in [-0.15, -0.1) is 9.60 Å². The first-order valence-corrected chi connectivity index (χ1v) is 9.11. The summed E-state index contributed by atoms with van der Waals surface area (Å²) in [4.78, 5) is 13.0. The average molecular weight is 361 g/mol. The number of benzene rings is 1. The molecule has 142 valence electrons. The van der Waals surface area contributed by atoms with Gasteiger partial charge in [-0.05, 0) is 18.6 Å². The van der Waals surface area contributed by atoms with Gasteiger partial charge in [0.05, 0.1) is 20.8 Å². The molecule has 1 saturated heterocycles. The van der Waals surface area contributed by atoms with Crippen LogP contribution >= 0.6 is 0 Å². The SMILES string of the molecule is COC[C@@H]1CCC[N+]1(C(=O)OC)N1CC=C(OC)[C@@H]1c1ccc(C)cc1. The Kier molecular flexibility index (Phi) is 5.65. The highest BCUT2D eigenvalue weighted by Crippen LogP contribution is 2.43. The standard InChI is InChI=1S/C20H29N2O4/c1-15-7-9-16(10-8-15)19-18(25-3)11-12-21(19)22(20(23)26-4)13-5-6-17(22)14-24-2/h7-11,17,19H,5-6,12-14H2,1-4H3/q+1/t17-,19-,22?/m0/s1. The summed E-state index contributed by atoms with van der Waals surface area (Å²) < 4.78 is 16.6. The monoisotopic (exact) mass is 361 g/mol. The summed E-state index contributed by atoms with van der Waals surface area (Å²) in [6, 6.07) is 8.35. The maximum Gasteiger partial charge on any atom is 0.536 e. The summed E-state index contributed by atoms with van der Waals surface area (Å²) in [6.07, 6.45) is 3.73. The molecule has 0 spiro atoms. The minimum absolute atomic E-state index is 0.0463. The van der Waals surface area contributed by atoms with Gasteiger partial charge in [-0.2, -0.15) is 4.79 Å².